The van der Waals surface area contributed by atoms with Crippen LogP contribution >= 0.6 is 0 Å². The first-order chi connectivity index (χ1) is 19.9. The van der Waals surface area contributed by atoms with Gasteiger partial charge in [-0.05, 0) is 41.0 Å². The van der Waals surface area contributed by atoms with Crippen molar-refractivity contribution in [3.05, 3.63) is 132 Å². The molecule has 5 rings (SSSR count). The summed E-state index contributed by atoms with van der Waals surface area (Å²) >= 11 is 0. The maximum absolute atomic E-state index is 13.3. The highest BCUT2D eigenvalue weighted by molar-refractivity contribution is 7.92. The van der Waals surface area contributed by atoms with Gasteiger partial charge in [-0.1, -0.05) is 91.0 Å². The topological polar surface area (TPSA) is 70.2 Å². The van der Waals surface area contributed by atoms with E-state index in [-0.39, 0.29) is 18.5 Å². The van der Waals surface area contributed by atoms with E-state index in [0.717, 1.165) is 11.8 Å². The van der Waals surface area contributed by atoms with Crippen molar-refractivity contribution < 1.29 is 17.9 Å². The molecule has 0 radical (unpaired) electrons. The van der Waals surface area contributed by atoms with Crippen molar-refractivity contribution in [1.29, 1.82) is 0 Å². The molecule has 0 aliphatic carbocycles. The Bertz CT molecular complexity index is 1470. The van der Waals surface area contributed by atoms with Crippen LogP contribution in [0.15, 0.2) is 115 Å². The van der Waals surface area contributed by atoms with Crippen LogP contribution in [0, 0.1) is 0 Å². The molecule has 0 spiro atoms. The van der Waals surface area contributed by atoms with Gasteiger partial charge in [-0.25, -0.2) is 8.42 Å². The van der Waals surface area contributed by atoms with E-state index < -0.39 is 10.0 Å². The molecule has 41 heavy (non-hydrogen) atoms. The van der Waals surface area contributed by atoms with Crippen LogP contribution in [0.2, 0.25) is 0 Å². The minimum Gasteiger partial charge on any atom is -0.489 e. The van der Waals surface area contributed by atoms with Gasteiger partial charge in [0.05, 0.1) is 18.0 Å². The summed E-state index contributed by atoms with van der Waals surface area (Å²) < 4.78 is 32.4. The van der Waals surface area contributed by atoms with Gasteiger partial charge in [0.1, 0.15) is 18.9 Å². The summed E-state index contributed by atoms with van der Waals surface area (Å²) in [6.07, 6.45) is 1.13. The summed E-state index contributed by atoms with van der Waals surface area (Å²) in [6, 6.07) is 37.5. The highest BCUT2D eigenvalue weighted by Gasteiger charge is 2.30. The van der Waals surface area contributed by atoms with E-state index in [4.69, 9.17) is 4.74 Å². The van der Waals surface area contributed by atoms with E-state index in [2.05, 4.69) is 29.2 Å². The molecule has 1 fully saturated rings. The van der Waals surface area contributed by atoms with Crippen LogP contribution in [0.4, 0.5) is 5.69 Å². The SMILES string of the molecule is CS(=O)(=O)N(CC(=O)N1CCN(C(c2ccccc2)c2ccccc2)CC1)c1ccc(OCc2ccccc2)cc1. The molecule has 0 aromatic heterocycles. The van der Waals surface area contributed by atoms with Gasteiger partial charge in [0, 0.05) is 26.2 Å². The molecular formula is C33H35N3O4S. The van der Waals surface area contributed by atoms with E-state index in [1.165, 1.54) is 15.4 Å². The number of hydrogen-bond donors (Lipinski definition) is 0. The number of amides is 1. The molecule has 8 heteroatoms. The van der Waals surface area contributed by atoms with Crippen LogP contribution in [0.1, 0.15) is 22.7 Å². The largest absolute Gasteiger partial charge is 0.489 e. The highest BCUT2D eigenvalue weighted by Crippen LogP contribution is 2.30. The fourth-order valence-electron chi connectivity index (χ4n) is 5.19. The highest BCUT2D eigenvalue weighted by atomic mass is 32.2. The lowest BCUT2D eigenvalue weighted by molar-refractivity contribution is -0.131. The van der Waals surface area contributed by atoms with Crippen LogP contribution in [0.3, 0.4) is 0 Å². The van der Waals surface area contributed by atoms with E-state index in [0.29, 0.717) is 44.2 Å². The quantitative estimate of drug-likeness (QED) is 0.270. The number of carbonyl (C=O) groups is 1. The molecule has 0 atom stereocenters. The fraction of sp³-hybridized carbons (Fsp3) is 0.242. The van der Waals surface area contributed by atoms with Gasteiger partial charge in [0.25, 0.3) is 0 Å². The number of sulfonamides is 1. The summed E-state index contributed by atoms with van der Waals surface area (Å²) in [5.74, 6) is 0.412. The third-order valence-corrected chi connectivity index (χ3v) is 8.46. The monoisotopic (exact) mass is 569 g/mol. The summed E-state index contributed by atoms with van der Waals surface area (Å²) in [7, 11) is -3.68. The Labute approximate surface area is 242 Å². The lowest BCUT2D eigenvalue weighted by Gasteiger charge is -2.40. The van der Waals surface area contributed by atoms with E-state index >= 15 is 0 Å². The van der Waals surface area contributed by atoms with Crippen molar-refractivity contribution in [2.45, 2.75) is 12.6 Å². The maximum atomic E-state index is 13.3. The van der Waals surface area contributed by atoms with Crippen LogP contribution in [-0.2, 0) is 21.4 Å². The lowest BCUT2D eigenvalue weighted by atomic mass is 9.96. The number of anilines is 1. The number of hydrogen-bond acceptors (Lipinski definition) is 5. The molecule has 0 saturated carbocycles. The molecule has 1 aliphatic heterocycles. The smallest absolute Gasteiger partial charge is 0.243 e. The Balaban J connectivity index is 1.23. The average Bonchev–Trinajstić information content (AvgIpc) is 3.01. The molecular weight excluding hydrogens is 534 g/mol. The Kier molecular flexibility index (Phi) is 9.01. The Morgan fingerprint density at radius 3 is 1.78 bits per heavy atom. The zero-order valence-electron chi connectivity index (χ0n) is 23.2. The minimum absolute atomic E-state index is 0.0878. The first-order valence-corrected chi connectivity index (χ1v) is 15.6. The molecule has 0 unspecified atom stereocenters. The van der Waals surface area contributed by atoms with Crippen molar-refractivity contribution in [3.63, 3.8) is 0 Å². The summed E-state index contributed by atoms with van der Waals surface area (Å²) in [6.45, 7) is 2.59. The zero-order valence-corrected chi connectivity index (χ0v) is 24.0. The molecule has 1 amide bonds. The van der Waals surface area contributed by atoms with Crippen molar-refractivity contribution in [2.24, 2.45) is 0 Å². The minimum atomic E-state index is -3.68. The van der Waals surface area contributed by atoms with Gasteiger partial charge >= 0.3 is 0 Å². The number of piperazine rings is 1. The zero-order chi connectivity index (χ0) is 28.7. The Morgan fingerprint density at radius 2 is 1.27 bits per heavy atom. The van der Waals surface area contributed by atoms with Gasteiger partial charge in [-0.15, -0.1) is 0 Å². The number of benzene rings is 4. The molecule has 212 valence electrons. The van der Waals surface area contributed by atoms with Crippen LogP contribution in [0.25, 0.3) is 0 Å². The van der Waals surface area contributed by atoms with Crippen LogP contribution in [0.5, 0.6) is 5.75 Å². The van der Waals surface area contributed by atoms with E-state index in [1.54, 1.807) is 29.2 Å². The summed E-state index contributed by atoms with van der Waals surface area (Å²) in [5.41, 5.74) is 3.88. The molecule has 4 aromatic rings. The number of nitrogens with zero attached hydrogens (tertiary/aromatic N) is 3. The number of rotatable bonds is 10. The van der Waals surface area contributed by atoms with Crippen molar-refractivity contribution in [2.75, 3.05) is 43.3 Å². The molecule has 1 saturated heterocycles. The third kappa shape index (κ3) is 7.34. The predicted molar refractivity (Wildman–Crippen MR) is 162 cm³/mol. The predicted octanol–water partition coefficient (Wildman–Crippen LogP) is 4.97. The third-order valence-electron chi connectivity index (χ3n) is 7.31. The first kappa shape index (κ1) is 28.4. The molecule has 0 N–H and O–H groups in total. The first-order valence-electron chi connectivity index (χ1n) is 13.7. The molecule has 0 bridgehead atoms. The van der Waals surface area contributed by atoms with E-state index in [1.807, 2.05) is 66.7 Å². The summed E-state index contributed by atoms with van der Waals surface area (Å²) in [4.78, 5) is 17.5. The van der Waals surface area contributed by atoms with Gasteiger partial charge in [0.2, 0.25) is 15.9 Å². The normalized spacial score (nSPS) is 14.1. The Morgan fingerprint density at radius 1 is 0.756 bits per heavy atom. The molecule has 4 aromatic carbocycles. The standard InChI is InChI=1S/C33H35N3O4S/c1-41(38,39)36(30-17-19-31(20-18-30)40-26-27-11-5-2-6-12-27)25-32(37)34-21-23-35(24-22-34)33(28-13-7-3-8-14-28)29-15-9-4-10-16-29/h2-20,33H,21-26H2,1H3. The molecule has 1 heterocycles. The van der Waals surface area contributed by atoms with Gasteiger partial charge < -0.3 is 9.64 Å². The van der Waals surface area contributed by atoms with E-state index in [9.17, 15) is 13.2 Å². The molecule has 7 nitrogen and oxygen atoms in total. The number of carbonyl (C=O) groups excluding carboxylic acids is 1. The van der Waals surface area contributed by atoms with Gasteiger partial charge in [0.15, 0.2) is 0 Å². The summed E-state index contributed by atoms with van der Waals surface area (Å²) in [5, 5.41) is 0. The number of ether oxygens (including phenoxy) is 1. The van der Waals surface area contributed by atoms with Crippen molar-refractivity contribution in [1.82, 2.24) is 9.80 Å². The molecule has 1 aliphatic rings. The fourth-order valence-corrected chi connectivity index (χ4v) is 6.04. The second-order valence-electron chi connectivity index (χ2n) is 10.2. The van der Waals surface area contributed by atoms with Crippen LogP contribution < -0.4 is 9.04 Å². The second kappa shape index (κ2) is 13.0. The van der Waals surface area contributed by atoms with Crippen molar-refractivity contribution >= 4 is 21.6 Å². The second-order valence-corrected chi connectivity index (χ2v) is 12.1. The maximum Gasteiger partial charge on any atom is 0.243 e. The lowest BCUT2D eigenvalue weighted by Crippen LogP contribution is -2.52. The van der Waals surface area contributed by atoms with Crippen LogP contribution in [-0.4, -0.2) is 63.1 Å². The Hall–Kier alpha value is -4.14. The van der Waals surface area contributed by atoms with Gasteiger partial charge in [-0.3, -0.25) is 14.0 Å². The van der Waals surface area contributed by atoms with Crippen molar-refractivity contribution in [3.8, 4) is 5.75 Å². The van der Waals surface area contributed by atoms with Gasteiger partial charge in [-0.2, -0.15) is 0 Å². The average molecular weight is 570 g/mol.